The summed E-state index contributed by atoms with van der Waals surface area (Å²) in [6.07, 6.45) is 1.61. The van der Waals surface area contributed by atoms with Gasteiger partial charge in [-0.05, 0) is 54.1 Å². The number of ether oxygens (including phenoxy) is 1. The van der Waals surface area contributed by atoms with Crippen molar-refractivity contribution >= 4 is 41.3 Å². The first-order valence-electron chi connectivity index (χ1n) is 10.3. The second-order valence-electron chi connectivity index (χ2n) is 6.98. The molecule has 0 aliphatic carbocycles. The minimum absolute atomic E-state index is 0.174. The number of benzene rings is 3. The number of para-hydroxylation sites is 2. The van der Waals surface area contributed by atoms with Crippen molar-refractivity contribution in [1.82, 2.24) is 15.0 Å². The zero-order chi connectivity index (χ0) is 23.6. The Kier molecular flexibility index (Phi) is 7.22. The molecule has 0 saturated carbocycles. The number of nitrogens with one attached hydrogen (secondary N) is 3. The normalized spacial score (nSPS) is 10.6. The standard InChI is InChI=1S/C24H22N8O2/c25-21(33)16-34-20-13-11-17(12-14-20)15-26-32-24-30-22(27-18-7-3-1-4-8-18)29-23(31-24)28-19-9-5-2-6-10-19/h1-15H,16H2,(H2,25,33)(H3,27,28,29,30,31,32)/b26-15+. The SMILES string of the molecule is NC(=O)COc1ccc(/C=N/Nc2nc(Nc3ccccc3)nc(Nc3ccccc3)n2)cc1. The zero-order valence-electron chi connectivity index (χ0n) is 18.1. The molecule has 1 amide bonds. The number of primary amides is 1. The smallest absolute Gasteiger partial charge is 0.255 e. The number of hydrogen-bond acceptors (Lipinski definition) is 9. The third kappa shape index (κ3) is 6.76. The van der Waals surface area contributed by atoms with Crippen molar-refractivity contribution in [2.45, 2.75) is 0 Å². The zero-order valence-corrected chi connectivity index (χ0v) is 18.1. The van der Waals surface area contributed by atoms with Crippen LogP contribution in [0.5, 0.6) is 5.75 Å². The molecule has 4 aromatic rings. The van der Waals surface area contributed by atoms with Crippen LogP contribution in [0.25, 0.3) is 0 Å². The lowest BCUT2D eigenvalue weighted by molar-refractivity contribution is -0.119. The Balaban J connectivity index is 1.48. The van der Waals surface area contributed by atoms with E-state index in [4.69, 9.17) is 10.5 Å². The minimum Gasteiger partial charge on any atom is -0.484 e. The number of carbonyl (C=O) groups is 1. The molecular weight excluding hydrogens is 432 g/mol. The van der Waals surface area contributed by atoms with E-state index in [1.54, 1.807) is 30.5 Å². The number of hydrogen-bond donors (Lipinski definition) is 4. The summed E-state index contributed by atoms with van der Waals surface area (Å²) < 4.78 is 5.24. The number of aromatic nitrogens is 3. The van der Waals surface area contributed by atoms with Gasteiger partial charge in [0.05, 0.1) is 6.21 Å². The van der Waals surface area contributed by atoms with E-state index < -0.39 is 5.91 Å². The molecule has 3 aromatic carbocycles. The fourth-order valence-corrected chi connectivity index (χ4v) is 2.81. The van der Waals surface area contributed by atoms with E-state index in [9.17, 15) is 4.79 Å². The van der Waals surface area contributed by atoms with Gasteiger partial charge in [-0.15, -0.1) is 0 Å². The fraction of sp³-hybridized carbons (Fsp3) is 0.0417. The molecule has 170 valence electrons. The van der Waals surface area contributed by atoms with Crippen LogP contribution in [-0.2, 0) is 4.79 Å². The molecule has 0 aliphatic heterocycles. The van der Waals surface area contributed by atoms with Gasteiger partial charge in [0, 0.05) is 11.4 Å². The molecule has 0 radical (unpaired) electrons. The Hall–Kier alpha value is -4.99. The van der Waals surface area contributed by atoms with Crippen LogP contribution in [0.1, 0.15) is 5.56 Å². The van der Waals surface area contributed by atoms with E-state index >= 15 is 0 Å². The van der Waals surface area contributed by atoms with E-state index in [0.29, 0.717) is 17.6 Å². The predicted molar refractivity (Wildman–Crippen MR) is 132 cm³/mol. The summed E-state index contributed by atoms with van der Waals surface area (Å²) in [5.41, 5.74) is 10.4. The van der Waals surface area contributed by atoms with Crippen molar-refractivity contribution in [2.75, 3.05) is 22.7 Å². The van der Waals surface area contributed by atoms with Gasteiger partial charge in [0.1, 0.15) is 5.75 Å². The highest BCUT2D eigenvalue weighted by molar-refractivity contribution is 5.80. The van der Waals surface area contributed by atoms with Crippen LogP contribution < -0.4 is 26.5 Å². The maximum atomic E-state index is 10.8. The van der Waals surface area contributed by atoms with Crippen LogP contribution >= 0.6 is 0 Å². The Morgan fingerprint density at radius 1 is 0.794 bits per heavy atom. The van der Waals surface area contributed by atoms with Crippen molar-refractivity contribution in [2.24, 2.45) is 10.8 Å². The third-order valence-electron chi connectivity index (χ3n) is 4.33. The van der Waals surface area contributed by atoms with E-state index in [-0.39, 0.29) is 12.6 Å². The van der Waals surface area contributed by atoms with E-state index in [2.05, 4.69) is 36.1 Å². The van der Waals surface area contributed by atoms with Gasteiger partial charge in [-0.25, -0.2) is 5.43 Å². The molecule has 0 bridgehead atoms. The summed E-state index contributed by atoms with van der Waals surface area (Å²) in [5.74, 6) is 0.968. The van der Waals surface area contributed by atoms with Crippen LogP contribution in [0.15, 0.2) is 90.0 Å². The first-order valence-corrected chi connectivity index (χ1v) is 10.3. The molecule has 0 fully saturated rings. The summed E-state index contributed by atoms with van der Waals surface area (Å²) in [5, 5.41) is 10.5. The maximum absolute atomic E-state index is 10.8. The van der Waals surface area contributed by atoms with Crippen LogP contribution in [0.4, 0.5) is 29.2 Å². The fourth-order valence-electron chi connectivity index (χ4n) is 2.81. The predicted octanol–water partition coefficient (Wildman–Crippen LogP) is 3.67. The summed E-state index contributed by atoms with van der Waals surface area (Å²) in [7, 11) is 0. The van der Waals surface area contributed by atoms with E-state index in [1.165, 1.54) is 0 Å². The van der Waals surface area contributed by atoms with Gasteiger partial charge in [0.15, 0.2) is 6.61 Å². The Morgan fingerprint density at radius 2 is 1.32 bits per heavy atom. The van der Waals surface area contributed by atoms with Crippen molar-refractivity contribution in [3.63, 3.8) is 0 Å². The molecule has 5 N–H and O–H groups in total. The van der Waals surface area contributed by atoms with Gasteiger partial charge in [0.25, 0.3) is 5.91 Å². The average Bonchev–Trinajstić information content (AvgIpc) is 2.85. The lowest BCUT2D eigenvalue weighted by Crippen LogP contribution is -2.19. The van der Waals surface area contributed by atoms with Gasteiger partial charge in [0.2, 0.25) is 17.8 Å². The van der Waals surface area contributed by atoms with Crippen LogP contribution in [0.3, 0.4) is 0 Å². The summed E-state index contributed by atoms with van der Waals surface area (Å²) in [6, 6.07) is 26.2. The molecule has 34 heavy (non-hydrogen) atoms. The lowest BCUT2D eigenvalue weighted by atomic mass is 10.2. The van der Waals surface area contributed by atoms with Gasteiger partial charge in [-0.2, -0.15) is 20.1 Å². The largest absolute Gasteiger partial charge is 0.484 e. The first-order chi connectivity index (χ1) is 16.6. The molecule has 0 saturated heterocycles. The second-order valence-corrected chi connectivity index (χ2v) is 6.98. The van der Waals surface area contributed by atoms with Crippen molar-refractivity contribution < 1.29 is 9.53 Å². The number of anilines is 5. The molecule has 10 heteroatoms. The molecule has 0 atom stereocenters. The number of amides is 1. The molecule has 1 heterocycles. The number of nitrogens with two attached hydrogens (primary N) is 1. The molecular formula is C24H22N8O2. The molecule has 0 aliphatic rings. The van der Waals surface area contributed by atoms with Crippen molar-refractivity contribution in [1.29, 1.82) is 0 Å². The van der Waals surface area contributed by atoms with Crippen LogP contribution in [0.2, 0.25) is 0 Å². The highest BCUT2D eigenvalue weighted by atomic mass is 16.5. The minimum atomic E-state index is -0.533. The first kappa shape index (κ1) is 22.2. The molecule has 0 spiro atoms. The van der Waals surface area contributed by atoms with Crippen LogP contribution in [-0.4, -0.2) is 33.7 Å². The van der Waals surface area contributed by atoms with Gasteiger partial charge >= 0.3 is 0 Å². The lowest BCUT2D eigenvalue weighted by Gasteiger charge is -2.10. The Bertz CT molecular complexity index is 1190. The third-order valence-corrected chi connectivity index (χ3v) is 4.33. The number of nitrogens with zero attached hydrogens (tertiary/aromatic N) is 4. The van der Waals surface area contributed by atoms with Crippen LogP contribution in [0, 0.1) is 0 Å². The highest BCUT2D eigenvalue weighted by Gasteiger charge is 2.07. The topological polar surface area (TPSA) is 139 Å². The molecule has 10 nitrogen and oxygen atoms in total. The number of hydrazone groups is 1. The van der Waals surface area contributed by atoms with Gasteiger partial charge in [-0.3, -0.25) is 4.79 Å². The molecule has 0 unspecified atom stereocenters. The average molecular weight is 454 g/mol. The number of rotatable bonds is 10. The van der Waals surface area contributed by atoms with Crippen molar-refractivity contribution in [3.8, 4) is 5.75 Å². The maximum Gasteiger partial charge on any atom is 0.255 e. The highest BCUT2D eigenvalue weighted by Crippen LogP contribution is 2.18. The Morgan fingerprint density at radius 3 is 1.85 bits per heavy atom. The summed E-state index contributed by atoms with van der Waals surface area (Å²) in [6.45, 7) is -0.174. The molecule has 1 aromatic heterocycles. The second kappa shape index (κ2) is 11.0. The van der Waals surface area contributed by atoms with Gasteiger partial charge in [-0.1, -0.05) is 36.4 Å². The Labute approximate surface area is 195 Å². The van der Waals surface area contributed by atoms with E-state index in [0.717, 1.165) is 16.9 Å². The van der Waals surface area contributed by atoms with Crippen molar-refractivity contribution in [3.05, 3.63) is 90.5 Å². The van der Waals surface area contributed by atoms with E-state index in [1.807, 2.05) is 60.7 Å². The summed E-state index contributed by atoms with van der Waals surface area (Å²) in [4.78, 5) is 24.0. The summed E-state index contributed by atoms with van der Waals surface area (Å²) >= 11 is 0. The monoisotopic (exact) mass is 454 g/mol. The number of carbonyl (C=O) groups excluding carboxylic acids is 1. The quantitative estimate of drug-likeness (QED) is 0.210. The molecule has 4 rings (SSSR count). The van der Waals surface area contributed by atoms with Gasteiger partial charge < -0.3 is 21.1 Å².